The van der Waals surface area contributed by atoms with Gasteiger partial charge in [-0.1, -0.05) is 18.2 Å². The first-order valence-corrected chi connectivity index (χ1v) is 5.82. The molecule has 2 aromatic rings. The molecule has 0 spiro atoms. The summed E-state index contributed by atoms with van der Waals surface area (Å²) in [6.07, 6.45) is 0. The number of para-hydroxylation sites is 1. The van der Waals surface area contributed by atoms with Gasteiger partial charge >= 0.3 is 0 Å². The van der Waals surface area contributed by atoms with Crippen LogP contribution in [0, 0.1) is 0 Å². The lowest BCUT2D eigenvalue weighted by Gasteiger charge is -2.15. The van der Waals surface area contributed by atoms with Gasteiger partial charge < -0.3 is 10.1 Å². The normalized spacial score (nSPS) is 12.4. The fraction of sp³-hybridized carbons (Fsp3) is 0.417. The van der Waals surface area contributed by atoms with E-state index >= 15 is 0 Å². The van der Waals surface area contributed by atoms with Crippen LogP contribution in [0.1, 0.15) is 24.4 Å². The Bertz CT molecular complexity index is 511. The van der Waals surface area contributed by atoms with Crippen LogP contribution in [-0.4, -0.2) is 27.3 Å². The highest BCUT2D eigenvalue weighted by Gasteiger charge is 2.10. The Morgan fingerprint density at radius 3 is 2.83 bits per heavy atom. The number of aryl methyl sites for hydroxylation is 1. The van der Waals surface area contributed by atoms with Crippen molar-refractivity contribution in [3.63, 3.8) is 0 Å². The molecular weight excluding hydrogens is 230 g/mol. The number of nitrogens with zero attached hydrogens (tertiary/aromatic N) is 4. The molecule has 2 rings (SSSR count). The van der Waals surface area contributed by atoms with Gasteiger partial charge in [-0.15, -0.1) is 10.2 Å². The third-order valence-electron chi connectivity index (χ3n) is 2.73. The monoisotopic (exact) mass is 247 g/mol. The maximum absolute atomic E-state index is 5.74. The van der Waals surface area contributed by atoms with Gasteiger partial charge in [0.25, 0.3) is 0 Å². The number of aromatic nitrogens is 4. The van der Waals surface area contributed by atoms with Crippen molar-refractivity contribution in [2.75, 3.05) is 7.05 Å². The van der Waals surface area contributed by atoms with Crippen molar-refractivity contribution in [2.45, 2.75) is 19.6 Å². The summed E-state index contributed by atoms with van der Waals surface area (Å²) in [6.45, 7) is 2.41. The molecule has 0 aliphatic carbocycles. The maximum Gasteiger partial charge on any atom is 0.212 e. The minimum Gasteiger partial charge on any atom is -0.485 e. The van der Waals surface area contributed by atoms with Crippen LogP contribution in [0.5, 0.6) is 5.75 Å². The van der Waals surface area contributed by atoms with Crippen molar-refractivity contribution in [3.05, 3.63) is 35.7 Å². The molecular formula is C12H17N5O. The van der Waals surface area contributed by atoms with Gasteiger partial charge in [0.15, 0.2) is 6.61 Å². The summed E-state index contributed by atoms with van der Waals surface area (Å²) >= 11 is 0. The van der Waals surface area contributed by atoms with Gasteiger partial charge in [-0.2, -0.15) is 4.80 Å². The molecule has 1 aromatic heterocycles. The van der Waals surface area contributed by atoms with Crippen LogP contribution < -0.4 is 10.1 Å². The molecule has 1 atom stereocenters. The first kappa shape index (κ1) is 12.5. The second kappa shape index (κ2) is 5.59. The number of tetrazole rings is 1. The number of hydrogen-bond donors (Lipinski definition) is 1. The van der Waals surface area contributed by atoms with E-state index in [1.165, 1.54) is 4.80 Å². The lowest BCUT2D eigenvalue weighted by atomic mass is 10.1. The molecule has 0 radical (unpaired) electrons. The highest BCUT2D eigenvalue weighted by atomic mass is 16.5. The Kier molecular flexibility index (Phi) is 3.88. The molecule has 6 heteroatoms. The number of rotatable bonds is 5. The summed E-state index contributed by atoms with van der Waals surface area (Å²) in [5, 5.41) is 14.9. The van der Waals surface area contributed by atoms with Gasteiger partial charge in [0.2, 0.25) is 5.82 Å². The number of hydrogen-bond acceptors (Lipinski definition) is 5. The molecule has 18 heavy (non-hydrogen) atoms. The minimum absolute atomic E-state index is 0.232. The van der Waals surface area contributed by atoms with Crippen LogP contribution in [0.25, 0.3) is 0 Å². The number of benzene rings is 1. The Balaban J connectivity index is 2.09. The third kappa shape index (κ3) is 2.84. The van der Waals surface area contributed by atoms with Crippen molar-refractivity contribution >= 4 is 0 Å². The first-order chi connectivity index (χ1) is 8.70. The Hall–Kier alpha value is -1.95. The third-order valence-corrected chi connectivity index (χ3v) is 2.73. The molecule has 1 unspecified atom stereocenters. The number of nitrogens with one attached hydrogen (secondary N) is 1. The van der Waals surface area contributed by atoms with Crippen molar-refractivity contribution in [1.29, 1.82) is 0 Å². The molecule has 0 bridgehead atoms. The van der Waals surface area contributed by atoms with Crippen LogP contribution in [0.3, 0.4) is 0 Å². The van der Waals surface area contributed by atoms with E-state index in [1.54, 1.807) is 7.05 Å². The maximum atomic E-state index is 5.74. The highest BCUT2D eigenvalue weighted by Crippen LogP contribution is 2.24. The van der Waals surface area contributed by atoms with Crippen LogP contribution in [0.2, 0.25) is 0 Å². The first-order valence-electron chi connectivity index (χ1n) is 5.82. The van der Waals surface area contributed by atoms with Crippen LogP contribution in [-0.2, 0) is 13.7 Å². The standard InChI is InChI=1S/C12H17N5O/c1-9(13-2)10-6-4-5-7-11(10)18-8-12-14-16-17(3)15-12/h4-7,9,13H,8H2,1-3H3. The summed E-state index contributed by atoms with van der Waals surface area (Å²) in [4.78, 5) is 1.42. The average Bonchev–Trinajstić information content (AvgIpc) is 2.81. The second-order valence-electron chi connectivity index (χ2n) is 4.03. The molecule has 1 N–H and O–H groups in total. The largest absolute Gasteiger partial charge is 0.485 e. The highest BCUT2D eigenvalue weighted by molar-refractivity contribution is 5.35. The topological polar surface area (TPSA) is 64.9 Å². The minimum atomic E-state index is 0.232. The SMILES string of the molecule is CNC(C)c1ccccc1OCc1nnn(C)n1. The van der Waals surface area contributed by atoms with Crippen LogP contribution in [0.4, 0.5) is 0 Å². The van der Waals surface area contributed by atoms with Crippen molar-refractivity contribution in [2.24, 2.45) is 7.05 Å². The zero-order chi connectivity index (χ0) is 13.0. The predicted octanol–water partition coefficient (Wildman–Crippen LogP) is 1.07. The zero-order valence-electron chi connectivity index (χ0n) is 10.8. The molecule has 0 aliphatic rings. The smallest absolute Gasteiger partial charge is 0.212 e. The van der Waals surface area contributed by atoms with Gasteiger partial charge in [-0.05, 0) is 25.3 Å². The van der Waals surface area contributed by atoms with Gasteiger partial charge in [-0.3, -0.25) is 0 Å². The molecule has 0 saturated heterocycles. The Morgan fingerprint density at radius 2 is 2.17 bits per heavy atom. The summed E-state index contributed by atoms with van der Waals surface area (Å²) in [7, 11) is 3.65. The van der Waals surface area contributed by atoms with E-state index in [4.69, 9.17) is 4.74 Å². The van der Waals surface area contributed by atoms with Gasteiger partial charge in [0, 0.05) is 11.6 Å². The molecule has 0 fully saturated rings. The molecule has 1 heterocycles. The molecule has 0 aliphatic heterocycles. The van der Waals surface area contributed by atoms with Crippen molar-refractivity contribution < 1.29 is 4.74 Å². The van der Waals surface area contributed by atoms with E-state index in [-0.39, 0.29) is 6.04 Å². The van der Waals surface area contributed by atoms with E-state index < -0.39 is 0 Å². The molecule has 6 nitrogen and oxygen atoms in total. The summed E-state index contributed by atoms with van der Waals surface area (Å²) in [5.74, 6) is 1.41. The summed E-state index contributed by atoms with van der Waals surface area (Å²) in [5.41, 5.74) is 1.11. The van der Waals surface area contributed by atoms with Crippen LogP contribution >= 0.6 is 0 Å². The Morgan fingerprint density at radius 1 is 1.39 bits per heavy atom. The van der Waals surface area contributed by atoms with Crippen LogP contribution in [0.15, 0.2) is 24.3 Å². The van der Waals surface area contributed by atoms with E-state index in [0.29, 0.717) is 12.4 Å². The van der Waals surface area contributed by atoms with Crippen molar-refractivity contribution in [3.8, 4) is 5.75 Å². The molecule has 96 valence electrons. The lowest BCUT2D eigenvalue weighted by molar-refractivity contribution is 0.290. The zero-order valence-corrected chi connectivity index (χ0v) is 10.8. The summed E-state index contributed by atoms with van der Waals surface area (Å²) < 4.78 is 5.74. The van der Waals surface area contributed by atoms with Crippen molar-refractivity contribution in [1.82, 2.24) is 25.5 Å². The average molecular weight is 247 g/mol. The van der Waals surface area contributed by atoms with Gasteiger partial charge in [0.1, 0.15) is 5.75 Å². The molecule has 1 aromatic carbocycles. The van der Waals surface area contributed by atoms with Gasteiger partial charge in [0.05, 0.1) is 7.05 Å². The fourth-order valence-electron chi connectivity index (χ4n) is 1.65. The predicted molar refractivity (Wildman–Crippen MR) is 67.0 cm³/mol. The van der Waals surface area contributed by atoms with E-state index in [9.17, 15) is 0 Å². The lowest BCUT2D eigenvalue weighted by Crippen LogP contribution is -2.13. The van der Waals surface area contributed by atoms with E-state index in [1.807, 2.05) is 31.3 Å². The fourth-order valence-corrected chi connectivity index (χ4v) is 1.65. The Labute approximate surface area is 106 Å². The molecule has 0 amide bonds. The van der Waals surface area contributed by atoms with E-state index in [0.717, 1.165) is 11.3 Å². The quantitative estimate of drug-likeness (QED) is 0.856. The second-order valence-corrected chi connectivity index (χ2v) is 4.03. The summed E-state index contributed by atoms with van der Waals surface area (Å²) in [6, 6.07) is 8.17. The molecule has 0 saturated carbocycles. The van der Waals surface area contributed by atoms with E-state index in [2.05, 4.69) is 27.7 Å². The van der Waals surface area contributed by atoms with Gasteiger partial charge in [-0.25, -0.2) is 0 Å². The number of ether oxygens (including phenoxy) is 1.